The first kappa shape index (κ1) is 13.2. The number of hydrogen-bond acceptors (Lipinski definition) is 5. The lowest BCUT2D eigenvalue weighted by atomic mass is 9.83. The third-order valence-corrected chi connectivity index (χ3v) is 5.33. The van der Waals surface area contributed by atoms with Crippen molar-refractivity contribution in [1.82, 2.24) is 9.55 Å². The first-order chi connectivity index (χ1) is 9.88. The van der Waals surface area contributed by atoms with Gasteiger partial charge in [-0.15, -0.1) is 0 Å². The fourth-order valence-electron chi connectivity index (χ4n) is 3.56. The summed E-state index contributed by atoms with van der Waals surface area (Å²) >= 11 is 0. The molecule has 1 aliphatic carbocycles. The zero-order chi connectivity index (χ0) is 15.0. The second-order valence-corrected chi connectivity index (χ2v) is 6.66. The van der Waals surface area contributed by atoms with Gasteiger partial charge in [-0.1, -0.05) is 6.92 Å². The number of ether oxygens (including phenoxy) is 2. The third-order valence-electron chi connectivity index (χ3n) is 5.33. The van der Waals surface area contributed by atoms with Crippen molar-refractivity contribution in [2.24, 2.45) is 5.41 Å². The Balaban J connectivity index is 1.78. The number of fused-ring (bicyclic) bond motifs is 2. The predicted octanol–water partition coefficient (Wildman–Crippen LogP) is -0.328. The molecule has 1 aromatic rings. The Morgan fingerprint density at radius 3 is 2.81 bits per heavy atom. The van der Waals surface area contributed by atoms with Crippen LogP contribution in [0.25, 0.3) is 0 Å². The van der Waals surface area contributed by atoms with Crippen molar-refractivity contribution in [1.29, 1.82) is 0 Å². The molecular formula is C14H18N2O5. The molecule has 0 radical (unpaired) electrons. The van der Waals surface area contributed by atoms with Gasteiger partial charge in [-0.2, -0.15) is 0 Å². The lowest BCUT2D eigenvalue weighted by molar-refractivity contribution is -0.199. The first-order valence-corrected chi connectivity index (χ1v) is 7.18. The van der Waals surface area contributed by atoms with Gasteiger partial charge in [-0.3, -0.25) is 14.3 Å². The molecule has 1 saturated carbocycles. The van der Waals surface area contributed by atoms with E-state index in [2.05, 4.69) is 11.9 Å². The maximum Gasteiger partial charge on any atom is 0.330 e. The first-order valence-electron chi connectivity index (χ1n) is 7.18. The molecule has 2 bridgehead atoms. The number of aromatic nitrogens is 2. The number of rotatable bonds is 2. The van der Waals surface area contributed by atoms with Crippen LogP contribution >= 0.6 is 0 Å². The lowest BCUT2D eigenvalue weighted by Gasteiger charge is -2.36. The van der Waals surface area contributed by atoms with Gasteiger partial charge in [-0.25, -0.2) is 4.79 Å². The fraction of sp³-hybridized carbons (Fsp3) is 0.714. The van der Waals surface area contributed by atoms with E-state index in [-0.39, 0.29) is 5.41 Å². The van der Waals surface area contributed by atoms with Gasteiger partial charge >= 0.3 is 5.69 Å². The van der Waals surface area contributed by atoms with Gasteiger partial charge in [0, 0.05) is 17.2 Å². The fourth-order valence-corrected chi connectivity index (χ4v) is 3.56. The summed E-state index contributed by atoms with van der Waals surface area (Å²) in [5.74, 6) is 0. The Morgan fingerprint density at radius 1 is 1.43 bits per heavy atom. The number of aromatic amines is 1. The summed E-state index contributed by atoms with van der Waals surface area (Å²) in [5.41, 5.74) is -1.38. The number of aliphatic hydroxyl groups excluding tert-OH is 1. The molecule has 0 aromatic carbocycles. The molecule has 2 N–H and O–H groups in total. The van der Waals surface area contributed by atoms with E-state index in [1.54, 1.807) is 6.92 Å². The zero-order valence-corrected chi connectivity index (χ0v) is 12.0. The van der Waals surface area contributed by atoms with Gasteiger partial charge in [0.1, 0.15) is 17.8 Å². The van der Waals surface area contributed by atoms with Crippen LogP contribution in [-0.2, 0) is 9.47 Å². The van der Waals surface area contributed by atoms with Crippen molar-refractivity contribution in [2.45, 2.75) is 50.7 Å². The summed E-state index contributed by atoms with van der Waals surface area (Å²) < 4.78 is 13.1. The molecule has 1 unspecified atom stereocenters. The molecule has 7 nitrogen and oxygen atoms in total. The molecule has 3 heterocycles. The average Bonchev–Trinajstić information content (AvgIpc) is 3.05. The molecule has 4 atom stereocenters. The van der Waals surface area contributed by atoms with E-state index in [0.717, 1.165) is 12.8 Å². The molecule has 114 valence electrons. The van der Waals surface area contributed by atoms with Crippen LogP contribution in [0.3, 0.4) is 0 Å². The standard InChI is InChI=1S/C14H18N2O5/c1-7-5-16(12(19)15-10(7)18)11-8-9(17)14(21-11,6-20-8)13(2)3-4-13/h5,8-9,11,17H,3-4,6H2,1-2H3,(H,15,18,19)/t8-,9?,11+,14-/m0/s1. The van der Waals surface area contributed by atoms with Crippen molar-refractivity contribution in [3.05, 3.63) is 32.6 Å². The van der Waals surface area contributed by atoms with Crippen LogP contribution < -0.4 is 11.2 Å². The van der Waals surface area contributed by atoms with Crippen LogP contribution in [0.5, 0.6) is 0 Å². The Bertz CT molecular complexity index is 719. The van der Waals surface area contributed by atoms with Crippen LogP contribution in [0.4, 0.5) is 0 Å². The van der Waals surface area contributed by atoms with E-state index < -0.39 is 35.3 Å². The van der Waals surface area contributed by atoms with Crippen molar-refractivity contribution in [3.63, 3.8) is 0 Å². The molecule has 4 rings (SSSR count). The molecule has 3 aliphatic rings. The maximum absolute atomic E-state index is 12.0. The second kappa shape index (κ2) is 3.85. The summed E-state index contributed by atoms with van der Waals surface area (Å²) in [4.78, 5) is 25.8. The lowest BCUT2D eigenvalue weighted by Crippen LogP contribution is -2.48. The molecular weight excluding hydrogens is 276 g/mol. The predicted molar refractivity (Wildman–Crippen MR) is 72.0 cm³/mol. The van der Waals surface area contributed by atoms with E-state index in [9.17, 15) is 14.7 Å². The van der Waals surface area contributed by atoms with Crippen LogP contribution in [0.2, 0.25) is 0 Å². The number of hydrogen-bond donors (Lipinski definition) is 2. The highest BCUT2D eigenvalue weighted by Gasteiger charge is 2.72. The normalized spacial score (nSPS) is 39.7. The highest BCUT2D eigenvalue weighted by Crippen LogP contribution is 2.63. The van der Waals surface area contributed by atoms with Gasteiger partial charge in [-0.05, 0) is 19.8 Å². The minimum Gasteiger partial charge on any atom is -0.387 e. The molecule has 2 saturated heterocycles. The van der Waals surface area contributed by atoms with E-state index in [4.69, 9.17) is 9.47 Å². The van der Waals surface area contributed by atoms with Crippen LogP contribution in [0, 0.1) is 12.3 Å². The van der Waals surface area contributed by atoms with E-state index in [0.29, 0.717) is 12.2 Å². The molecule has 3 fully saturated rings. The molecule has 2 aliphatic heterocycles. The highest BCUT2D eigenvalue weighted by molar-refractivity contribution is 5.19. The van der Waals surface area contributed by atoms with Gasteiger partial charge in [0.15, 0.2) is 6.23 Å². The van der Waals surface area contributed by atoms with Crippen molar-refractivity contribution < 1.29 is 14.6 Å². The van der Waals surface area contributed by atoms with Crippen LogP contribution in [-0.4, -0.2) is 39.1 Å². The summed E-state index contributed by atoms with van der Waals surface area (Å²) in [7, 11) is 0. The Kier molecular flexibility index (Phi) is 2.43. The minimum atomic E-state index is -0.755. The van der Waals surface area contributed by atoms with Crippen molar-refractivity contribution in [3.8, 4) is 0 Å². The largest absolute Gasteiger partial charge is 0.387 e. The van der Waals surface area contributed by atoms with Crippen LogP contribution in [0.1, 0.15) is 31.6 Å². The SMILES string of the molecule is Cc1cn([C@@H]2O[C@@]3(C4(C)CC4)CO[C@H]2C3O)c(=O)[nH]c1=O. The summed E-state index contributed by atoms with van der Waals surface area (Å²) in [6.07, 6.45) is 1.39. The number of nitrogens with one attached hydrogen (secondary N) is 1. The van der Waals surface area contributed by atoms with E-state index >= 15 is 0 Å². The number of nitrogens with zero attached hydrogens (tertiary/aromatic N) is 1. The zero-order valence-electron chi connectivity index (χ0n) is 12.0. The van der Waals surface area contributed by atoms with Gasteiger partial charge in [0.25, 0.3) is 5.56 Å². The van der Waals surface area contributed by atoms with Gasteiger partial charge < -0.3 is 14.6 Å². The van der Waals surface area contributed by atoms with Crippen LogP contribution in [0.15, 0.2) is 15.8 Å². The number of aryl methyl sites for hydroxylation is 1. The summed E-state index contributed by atoms with van der Waals surface area (Å²) in [6, 6.07) is 0. The van der Waals surface area contributed by atoms with E-state index in [1.807, 2.05) is 0 Å². The van der Waals surface area contributed by atoms with Crippen molar-refractivity contribution in [2.75, 3.05) is 6.61 Å². The maximum atomic E-state index is 12.0. The Labute approximate surface area is 120 Å². The topological polar surface area (TPSA) is 93.6 Å². The number of H-pyrrole nitrogens is 1. The Hall–Kier alpha value is -1.44. The van der Waals surface area contributed by atoms with Gasteiger partial charge in [0.2, 0.25) is 0 Å². The molecule has 21 heavy (non-hydrogen) atoms. The third kappa shape index (κ3) is 1.54. The highest BCUT2D eigenvalue weighted by atomic mass is 16.6. The molecule has 1 aromatic heterocycles. The van der Waals surface area contributed by atoms with E-state index in [1.165, 1.54) is 10.8 Å². The summed E-state index contributed by atoms with van der Waals surface area (Å²) in [6.45, 7) is 4.05. The van der Waals surface area contributed by atoms with Crippen molar-refractivity contribution >= 4 is 0 Å². The molecule has 7 heteroatoms. The molecule has 0 amide bonds. The Morgan fingerprint density at radius 2 is 2.14 bits per heavy atom. The minimum absolute atomic E-state index is 0.100. The van der Waals surface area contributed by atoms with Gasteiger partial charge in [0.05, 0.1) is 6.61 Å². The quantitative estimate of drug-likeness (QED) is 0.779. The summed E-state index contributed by atoms with van der Waals surface area (Å²) in [5, 5.41) is 10.6. The average molecular weight is 294 g/mol. The molecule has 0 spiro atoms. The smallest absolute Gasteiger partial charge is 0.330 e. The number of aliphatic hydroxyl groups is 1. The second-order valence-electron chi connectivity index (χ2n) is 6.66. The monoisotopic (exact) mass is 294 g/mol.